The summed E-state index contributed by atoms with van der Waals surface area (Å²) in [6.45, 7) is 4.84. The number of aromatic nitrogens is 2. The van der Waals surface area contributed by atoms with Gasteiger partial charge in [-0.05, 0) is 48.1 Å². The zero-order chi connectivity index (χ0) is 11.7. The predicted octanol–water partition coefficient (Wildman–Crippen LogP) is 3.81. The van der Waals surface area contributed by atoms with Crippen molar-refractivity contribution in [2.45, 2.75) is 20.4 Å². The number of halogens is 2. The predicted molar refractivity (Wildman–Crippen MR) is 75.0 cm³/mol. The van der Waals surface area contributed by atoms with Gasteiger partial charge in [-0.15, -0.1) is 0 Å². The zero-order valence-electron chi connectivity index (χ0n) is 9.17. The summed E-state index contributed by atoms with van der Waals surface area (Å²) in [5.74, 6) is 0. The number of hydrogen-bond donors (Lipinski definition) is 0. The average molecular weight is 347 g/mol. The number of benzene rings is 1. The lowest BCUT2D eigenvalue weighted by Crippen LogP contribution is -2.04. The second-order valence-corrected chi connectivity index (χ2v) is 5.22. The summed E-state index contributed by atoms with van der Waals surface area (Å²) in [6.07, 6.45) is 0. The van der Waals surface area contributed by atoms with Gasteiger partial charge in [-0.3, -0.25) is 4.68 Å². The van der Waals surface area contributed by atoms with Crippen LogP contribution >= 0.6 is 34.2 Å². The number of aryl methyl sites for hydroxylation is 1. The van der Waals surface area contributed by atoms with Crippen LogP contribution in [0.15, 0.2) is 24.3 Å². The van der Waals surface area contributed by atoms with E-state index < -0.39 is 0 Å². The van der Waals surface area contributed by atoms with E-state index in [0.29, 0.717) is 0 Å². The van der Waals surface area contributed by atoms with Crippen molar-refractivity contribution in [1.82, 2.24) is 9.78 Å². The van der Waals surface area contributed by atoms with Crippen molar-refractivity contribution < 1.29 is 0 Å². The van der Waals surface area contributed by atoms with Crippen LogP contribution in [0, 0.1) is 17.4 Å². The van der Waals surface area contributed by atoms with E-state index in [1.165, 1.54) is 9.26 Å². The highest BCUT2D eigenvalue weighted by Gasteiger charge is 2.09. The van der Waals surface area contributed by atoms with Crippen LogP contribution in [0.1, 0.15) is 17.0 Å². The van der Waals surface area contributed by atoms with Crippen LogP contribution in [0.3, 0.4) is 0 Å². The Morgan fingerprint density at radius 2 is 2.00 bits per heavy atom. The second kappa shape index (κ2) is 4.75. The van der Waals surface area contributed by atoms with Crippen molar-refractivity contribution in [3.05, 3.63) is 49.8 Å². The Balaban J connectivity index is 2.34. The summed E-state index contributed by atoms with van der Waals surface area (Å²) in [5.41, 5.74) is 3.37. The van der Waals surface area contributed by atoms with Crippen LogP contribution in [0.4, 0.5) is 0 Å². The van der Waals surface area contributed by atoms with Gasteiger partial charge in [0, 0.05) is 10.7 Å². The second-order valence-electron chi connectivity index (χ2n) is 3.73. The largest absolute Gasteiger partial charge is 0.264 e. The average Bonchev–Trinajstić information content (AvgIpc) is 2.50. The summed E-state index contributed by atoms with van der Waals surface area (Å²) >= 11 is 8.45. The fourth-order valence-electron chi connectivity index (χ4n) is 1.62. The minimum absolute atomic E-state index is 0.731. The van der Waals surface area contributed by atoms with Gasteiger partial charge in [0.1, 0.15) is 0 Å². The zero-order valence-corrected chi connectivity index (χ0v) is 12.1. The van der Waals surface area contributed by atoms with Crippen LogP contribution < -0.4 is 0 Å². The first-order valence-corrected chi connectivity index (χ1v) is 6.48. The van der Waals surface area contributed by atoms with Crippen LogP contribution in [0.25, 0.3) is 0 Å². The van der Waals surface area contributed by atoms with Gasteiger partial charge >= 0.3 is 0 Å². The van der Waals surface area contributed by atoms with Crippen LogP contribution in [0.2, 0.25) is 5.02 Å². The highest BCUT2D eigenvalue weighted by Crippen LogP contribution is 2.20. The molecule has 4 heteroatoms. The van der Waals surface area contributed by atoms with E-state index in [4.69, 9.17) is 11.6 Å². The van der Waals surface area contributed by atoms with Gasteiger partial charge in [-0.2, -0.15) is 5.10 Å². The molecule has 0 fully saturated rings. The maximum atomic E-state index is 6.13. The topological polar surface area (TPSA) is 17.8 Å². The molecule has 1 heterocycles. The van der Waals surface area contributed by atoms with E-state index in [1.807, 2.05) is 35.9 Å². The Kier molecular flexibility index (Phi) is 3.54. The highest BCUT2D eigenvalue weighted by atomic mass is 127. The molecule has 0 saturated heterocycles. The molecule has 1 aromatic heterocycles. The Morgan fingerprint density at radius 3 is 2.56 bits per heavy atom. The first-order valence-electron chi connectivity index (χ1n) is 5.02. The van der Waals surface area contributed by atoms with Gasteiger partial charge in [0.25, 0.3) is 0 Å². The Bertz CT molecular complexity index is 520. The smallest absolute Gasteiger partial charge is 0.0730 e. The Labute approximate surface area is 114 Å². The molecule has 16 heavy (non-hydrogen) atoms. The highest BCUT2D eigenvalue weighted by molar-refractivity contribution is 14.1. The summed E-state index contributed by atoms with van der Waals surface area (Å²) in [6, 6.07) is 7.88. The van der Waals surface area contributed by atoms with E-state index in [2.05, 4.69) is 34.6 Å². The molecule has 2 aromatic rings. The third-order valence-corrected chi connectivity index (χ3v) is 4.50. The molecule has 0 aliphatic heterocycles. The van der Waals surface area contributed by atoms with Gasteiger partial charge in [0.05, 0.1) is 15.8 Å². The monoisotopic (exact) mass is 346 g/mol. The van der Waals surface area contributed by atoms with Crippen LogP contribution in [0.5, 0.6) is 0 Å². The maximum Gasteiger partial charge on any atom is 0.0730 e. The lowest BCUT2D eigenvalue weighted by atomic mass is 10.2. The molecule has 0 aliphatic carbocycles. The van der Waals surface area contributed by atoms with Crippen molar-refractivity contribution >= 4 is 34.2 Å². The number of hydrogen-bond acceptors (Lipinski definition) is 1. The standard InChI is InChI=1S/C12H12ClIN2/c1-8-12(14)9(2)16(15-8)7-10-5-3-4-6-11(10)13/h3-6H,7H2,1-2H3. The van der Waals surface area contributed by atoms with Crippen LogP contribution in [-0.4, -0.2) is 9.78 Å². The molecule has 2 rings (SSSR count). The Morgan fingerprint density at radius 1 is 1.31 bits per heavy atom. The van der Waals surface area contributed by atoms with Gasteiger partial charge in [-0.1, -0.05) is 29.8 Å². The van der Waals surface area contributed by atoms with E-state index in [9.17, 15) is 0 Å². The molecule has 1 aromatic carbocycles. The van der Waals surface area contributed by atoms with E-state index >= 15 is 0 Å². The third-order valence-electron chi connectivity index (χ3n) is 2.57. The van der Waals surface area contributed by atoms with Crippen molar-refractivity contribution in [3.8, 4) is 0 Å². The molecule has 0 bridgehead atoms. The summed E-state index contributed by atoms with van der Waals surface area (Å²) in [5, 5.41) is 5.29. The van der Waals surface area contributed by atoms with Crippen molar-refractivity contribution in [1.29, 1.82) is 0 Å². The molecule has 84 valence electrons. The molecule has 2 nitrogen and oxygen atoms in total. The number of rotatable bonds is 2. The summed E-state index contributed by atoms with van der Waals surface area (Å²) in [4.78, 5) is 0. The minimum Gasteiger partial charge on any atom is -0.264 e. The molecule has 0 atom stereocenters. The Hall–Kier alpha value is -0.550. The fraction of sp³-hybridized carbons (Fsp3) is 0.250. The van der Waals surface area contributed by atoms with E-state index in [0.717, 1.165) is 22.8 Å². The molecular formula is C12H12ClIN2. The van der Waals surface area contributed by atoms with E-state index in [1.54, 1.807) is 0 Å². The quantitative estimate of drug-likeness (QED) is 0.756. The van der Waals surface area contributed by atoms with Crippen molar-refractivity contribution in [2.75, 3.05) is 0 Å². The van der Waals surface area contributed by atoms with Crippen molar-refractivity contribution in [3.63, 3.8) is 0 Å². The van der Waals surface area contributed by atoms with Gasteiger partial charge in [0.2, 0.25) is 0 Å². The first kappa shape index (κ1) is 11.9. The molecular weight excluding hydrogens is 335 g/mol. The molecule has 0 saturated carbocycles. The van der Waals surface area contributed by atoms with Gasteiger partial charge in [0.15, 0.2) is 0 Å². The minimum atomic E-state index is 0.731. The summed E-state index contributed by atoms with van der Waals surface area (Å²) in [7, 11) is 0. The van der Waals surface area contributed by atoms with Crippen LogP contribution in [-0.2, 0) is 6.54 Å². The van der Waals surface area contributed by atoms with Gasteiger partial charge < -0.3 is 0 Å². The van der Waals surface area contributed by atoms with Gasteiger partial charge in [-0.25, -0.2) is 0 Å². The molecule has 0 aliphatic rings. The maximum absolute atomic E-state index is 6.13. The molecule has 0 unspecified atom stereocenters. The lowest BCUT2D eigenvalue weighted by Gasteiger charge is -2.06. The molecule has 0 amide bonds. The first-order chi connectivity index (χ1) is 7.59. The lowest BCUT2D eigenvalue weighted by molar-refractivity contribution is 0.659. The third kappa shape index (κ3) is 2.25. The molecule has 0 spiro atoms. The SMILES string of the molecule is Cc1nn(Cc2ccccc2Cl)c(C)c1I. The van der Waals surface area contributed by atoms with E-state index in [-0.39, 0.29) is 0 Å². The summed E-state index contributed by atoms with van der Waals surface area (Å²) < 4.78 is 3.22. The fourth-order valence-corrected chi connectivity index (χ4v) is 2.20. The number of nitrogens with zero attached hydrogens (tertiary/aromatic N) is 2. The normalized spacial score (nSPS) is 10.8. The molecule has 0 radical (unpaired) electrons. The van der Waals surface area contributed by atoms with Crippen molar-refractivity contribution in [2.24, 2.45) is 0 Å². The molecule has 0 N–H and O–H groups in total.